The Morgan fingerprint density at radius 1 is 1.04 bits per heavy atom. The third-order valence-corrected chi connectivity index (χ3v) is 4.55. The molecule has 2 aromatic rings. The van der Waals surface area contributed by atoms with Crippen molar-refractivity contribution in [3.05, 3.63) is 69.4 Å². The van der Waals surface area contributed by atoms with E-state index in [9.17, 15) is 18.8 Å². The van der Waals surface area contributed by atoms with Crippen LogP contribution in [0.25, 0.3) is 0 Å². The fraction of sp³-hybridized carbons (Fsp3) is 0.316. The van der Waals surface area contributed by atoms with Crippen molar-refractivity contribution in [1.29, 1.82) is 0 Å². The normalized spacial score (nSPS) is 14.4. The lowest BCUT2D eigenvalue weighted by Gasteiger charge is -2.34. The number of aromatic nitrogens is 1. The van der Waals surface area contributed by atoms with Gasteiger partial charge >= 0.3 is 0 Å². The highest BCUT2D eigenvalue weighted by atomic mass is 19.1. The molecule has 1 aliphatic rings. The van der Waals surface area contributed by atoms with Gasteiger partial charge < -0.3 is 14.8 Å². The largest absolute Gasteiger partial charge is 0.335 e. The lowest BCUT2D eigenvalue weighted by molar-refractivity contribution is 0.0534. The summed E-state index contributed by atoms with van der Waals surface area (Å²) in [4.78, 5) is 42.8. The van der Waals surface area contributed by atoms with Crippen LogP contribution in [0.1, 0.15) is 33.2 Å². The van der Waals surface area contributed by atoms with Crippen LogP contribution in [-0.4, -0.2) is 52.8 Å². The highest BCUT2D eigenvalue weighted by molar-refractivity contribution is 5.95. The second-order valence-corrected chi connectivity index (χ2v) is 6.20. The maximum Gasteiger partial charge on any atom is 0.260 e. The summed E-state index contributed by atoms with van der Waals surface area (Å²) in [6.07, 6.45) is 2.33. The van der Waals surface area contributed by atoms with Crippen molar-refractivity contribution in [3.63, 3.8) is 0 Å². The summed E-state index contributed by atoms with van der Waals surface area (Å²) < 4.78 is 13.0. The number of rotatable bonds is 3. The number of benzene rings is 1. The number of aromatic amines is 1. The van der Waals surface area contributed by atoms with Crippen LogP contribution < -0.4 is 5.56 Å². The Hall–Kier alpha value is -2.96. The molecule has 1 N–H and O–H groups in total. The molecule has 136 valence electrons. The Labute approximate surface area is 150 Å². The zero-order valence-corrected chi connectivity index (χ0v) is 14.5. The first kappa shape index (κ1) is 17.8. The van der Waals surface area contributed by atoms with Crippen molar-refractivity contribution in [2.24, 2.45) is 0 Å². The Balaban J connectivity index is 1.66. The minimum atomic E-state index is -0.406. The maximum atomic E-state index is 13.0. The van der Waals surface area contributed by atoms with Crippen LogP contribution in [0.4, 0.5) is 4.39 Å². The highest BCUT2D eigenvalue weighted by Crippen LogP contribution is 2.12. The summed E-state index contributed by atoms with van der Waals surface area (Å²) in [5.74, 6) is -0.908. The monoisotopic (exact) mass is 357 g/mol. The molecule has 0 aliphatic carbocycles. The van der Waals surface area contributed by atoms with E-state index >= 15 is 0 Å². The second kappa shape index (κ2) is 7.51. The molecule has 1 aromatic heterocycles. The number of nitrogens with zero attached hydrogens (tertiary/aromatic N) is 2. The van der Waals surface area contributed by atoms with Gasteiger partial charge in [0, 0.05) is 37.9 Å². The summed E-state index contributed by atoms with van der Waals surface area (Å²) >= 11 is 0. The SMILES string of the molecule is CCc1c[nH]c(=O)c(C(=O)N2CCN(C(=O)c3ccc(F)cc3)CC2)c1. The summed E-state index contributed by atoms with van der Waals surface area (Å²) in [5.41, 5.74) is 1.02. The molecule has 0 atom stereocenters. The fourth-order valence-electron chi connectivity index (χ4n) is 2.95. The van der Waals surface area contributed by atoms with E-state index in [1.807, 2.05) is 6.92 Å². The van der Waals surface area contributed by atoms with Crippen LogP contribution in [0.3, 0.4) is 0 Å². The minimum absolute atomic E-state index is 0.127. The number of hydrogen-bond donors (Lipinski definition) is 1. The summed E-state index contributed by atoms with van der Waals surface area (Å²) in [6, 6.07) is 7.02. The van der Waals surface area contributed by atoms with Crippen LogP contribution in [0, 0.1) is 5.82 Å². The standard InChI is InChI=1S/C19H20FN3O3/c1-2-13-11-16(17(24)21-12-13)19(26)23-9-7-22(8-10-23)18(25)14-3-5-15(20)6-4-14/h3-6,11-12H,2,7-10H2,1H3,(H,21,24). The zero-order chi connectivity index (χ0) is 18.7. The first-order chi connectivity index (χ1) is 12.5. The van der Waals surface area contributed by atoms with Gasteiger partial charge in [0.1, 0.15) is 11.4 Å². The Kier molecular flexibility index (Phi) is 5.16. The Morgan fingerprint density at radius 3 is 2.19 bits per heavy atom. The molecule has 7 heteroatoms. The molecule has 0 unspecified atom stereocenters. The van der Waals surface area contributed by atoms with Gasteiger partial charge in [0.15, 0.2) is 0 Å². The highest BCUT2D eigenvalue weighted by Gasteiger charge is 2.26. The van der Waals surface area contributed by atoms with Crippen molar-refractivity contribution in [2.45, 2.75) is 13.3 Å². The Bertz CT molecular complexity index is 868. The van der Waals surface area contributed by atoms with Gasteiger partial charge in [-0.2, -0.15) is 0 Å². The number of hydrogen-bond acceptors (Lipinski definition) is 3. The van der Waals surface area contributed by atoms with E-state index in [0.29, 0.717) is 31.7 Å². The van der Waals surface area contributed by atoms with Crippen LogP contribution in [0.15, 0.2) is 41.3 Å². The zero-order valence-electron chi connectivity index (χ0n) is 14.5. The molecule has 2 heterocycles. The predicted molar refractivity (Wildman–Crippen MR) is 94.6 cm³/mol. The summed E-state index contributed by atoms with van der Waals surface area (Å²) in [5, 5.41) is 0. The number of halogens is 1. The van der Waals surface area contributed by atoms with Crippen LogP contribution in [0.5, 0.6) is 0 Å². The van der Waals surface area contributed by atoms with Crippen LogP contribution >= 0.6 is 0 Å². The van der Waals surface area contributed by atoms with Gasteiger partial charge in [0.2, 0.25) is 0 Å². The molecule has 0 spiro atoms. The molecule has 3 rings (SSSR count). The number of piperazine rings is 1. The average molecular weight is 357 g/mol. The van der Waals surface area contributed by atoms with Crippen molar-refractivity contribution in [3.8, 4) is 0 Å². The second-order valence-electron chi connectivity index (χ2n) is 6.20. The van der Waals surface area contributed by atoms with Gasteiger partial charge in [0.05, 0.1) is 0 Å². The predicted octanol–water partition coefficient (Wildman–Crippen LogP) is 1.67. The number of aryl methyl sites for hydroxylation is 1. The first-order valence-corrected chi connectivity index (χ1v) is 8.55. The van der Waals surface area contributed by atoms with Crippen LogP contribution in [0.2, 0.25) is 0 Å². The molecule has 1 fully saturated rings. The van der Waals surface area contributed by atoms with Crippen molar-refractivity contribution >= 4 is 11.8 Å². The third kappa shape index (κ3) is 3.66. The van der Waals surface area contributed by atoms with E-state index in [2.05, 4.69) is 4.98 Å². The molecular weight excluding hydrogens is 337 g/mol. The number of pyridine rings is 1. The first-order valence-electron chi connectivity index (χ1n) is 8.55. The number of H-pyrrole nitrogens is 1. The molecule has 1 saturated heterocycles. The van der Waals surface area contributed by atoms with E-state index in [-0.39, 0.29) is 17.4 Å². The third-order valence-electron chi connectivity index (χ3n) is 4.55. The van der Waals surface area contributed by atoms with Gasteiger partial charge in [-0.25, -0.2) is 4.39 Å². The molecule has 2 amide bonds. The number of carbonyl (C=O) groups excluding carboxylic acids is 2. The molecule has 0 saturated carbocycles. The quantitative estimate of drug-likeness (QED) is 0.908. The molecule has 1 aliphatic heterocycles. The van der Waals surface area contributed by atoms with Gasteiger partial charge in [-0.15, -0.1) is 0 Å². The Morgan fingerprint density at radius 2 is 1.62 bits per heavy atom. The average Bonchev–Trinajstić information content (AvgIpc) is 2.68. The smallest absolute Gasteiger partial charge is 0.260 e. The van der Waals surface area contributed by atoms with E-state index in [0.717, 1.165) is 12.0 Å². The summed E-state index contributed by atoms with van der Waals surface area (Å²) in [6.45, 7) is 3.38. The van der Waals surface area contributed by atoms with Crippen molar-refractivity contribution in [2.75, 3.05) is 26.2 Å². The van der Waals surface area contributed by atoms with E-state index in [4.69, 9.17) is 0 Å². The van der Waals surface area contributed by atoms with E-state index in [1.54, 1.807) is 22.1 Å². The number of amides is 2. The maximum absolute atomic E-state index is 13.0. The molecule has 6 nitrogen and oxygen atoms in total. The number of carbonyl (C=O) groups is 2. The van der Waals surface area contributed by atoms with Gasteiger partial charge in [0.25, 0.3) is 17.4 Å². The minimum Gasteiger partial charge on any atom is -0.335 e. The summed E-state index contributed by atoms with van der Waals surface area (Å²) in [7, 11) is 0. The lowest BCUT2D eigenvalue weighted by atomic mass is 10.1. The van der Waals surface area contributed by atoms with Gasteiger partial charge in [-0.3, -0.25) is 14.4 Å². The molecule has 1 aromatic carbocycles. The van der Waals surface area contributed by atoms with E-state index in [1.165, 1.54) is 24.3 Å². The topological polar surface area (TPSA) is 73.5 Å². The van der Waals surface area contributed by atoms with Crippen LogP contribution in [-0.2, 0) is 6.42 Å². The van der Waals surface area contributed by atoms with Crippen molar-refractivity contribution < 1.29 is 14.0 Å². The fourth-order valence-corrected chi connectivity index (χ4v) is 2.95. The van der Waals surface area contributed by atoms with Crippen molar-refractivity contribution in [1.82, 2.24) is 14.8 Å². The number of nitrogens with one attached hydrogen (secondary N) is 1. The molecule has 0 radical (unpaired) electrons. The lowest BCUT2D eigenvalue weighted by Crippen LogP contribution is -2.51. The van der Waals surface area contributed by atoms with Gasteiger partial charge in [-0.1, -0.05) is 6.92 Å². The van der Waals surface area contributed by atoms with E-state index < -0.39 is 11.4 Å². The molecule has 26 heavy (non-hydrogen) atoms. The molecular formula is C19H20FN3O3. The van der Waals surface area contributed by atoms with Gasteiger partial charge in [-0.05, 0) is 42.3 Å². The molecule has 0 bridgehead atoms.